The average molecular weight is 295 g/mol. The number of alkyl halides is 1. The van der Waals surface area contributed by atoms with E-state index in [0.717, 1.165) is 12.8 Å². The van der Waals surface area contributed by atoms with Gasteiger partial charge in [-0.05, 0) is 37.5 Å². The van der Waals surface area contributed by atoms with Gasteiger partial charge in [0.1, 0.15) is 0 Å². The highest BCUT2D eigenvalue weighted by Gasteiger charge is 2.07. The number of halogens is 1. The summed E-state index contributed by atoms with van der Waals surface area (Å²) in [4.78, 5) is 3.36. The molecule has 16 heavy (non-hydrogen) atoms. The molecule has 0 N–H and O–H groups in total. The van der Waals surface area contributed by atoms with E-state index >= 15 is 0 Å². The SMILES string of the molecule is Cc1ccc(CCC(Br)c2ccccc2)s1. The van der Waals surface area contributed by atoms with Gasteiger partial charge in [0, 0.05) is 14.6 Å². The minimum atomic E-state index is 0.469. The molecule has 0 saturated heterocycles. The largest absolute Gasteiger partial charge is 0.146 e. The predicted molar refractivity (Wildman–Crippen MR) is 75.5 cm³/mol. The summed E-state index contributed by atoms with van der Waals surface area (Å²) in [5, 5.41) is 0. The Morgan fingerprint density at radius 1 is 1.12 bits per heavy atom. The van der Waals surface area contributed by atoms with E-state index in [2.05, 4.69) is 65.3 Å². The third-order valence-electron chi connectivity index (χ3n) is 2.60. The van der Waals surface area contributed by atoms with Crippen LogP contribution in [0.2, 0.25) is 0 Å². The lowest BCUT2D eigenvalue weighted by Gasteiger charge is -2.08. The van der Waals surface area contributed by atoms with Crippen LogP contribution in [-0.4, -0.2) is 0 Å². The van der Waals surface area contributed by atoms with Crippen molar-refractivity contribution in [3.63, 3.8) is 0 Å². The van der Waals surface area contributed by atoms with Crippen LogP contribution in [0.25, 0.3) is 0 Å². The molecule has 2 rings (SSSR count). The molecule has 0 saturated carbocycles. The molecule has 0 bridgehead atoms. The first kappa shape index (κ1) is 11.9. The van der Waals surface area contributed by atoms with E-state index in [-0.39, 0.29) is 0 Å². The second-order valence-electron chi connectivity index (χ2n) is 3.93. The van der Waals surface area contributed by atoms with E-state index in [9.17, 15) is 0 Å². The zero-order chi connectivity index (χ0) is 11.4. The molecule has 1 atom stereocenters. The second kappa shape index (κ2) is 5.65. The Balaban J connectivity index is 1.91. The van der Waals surface area contributed by atoms with Gasteiger partial charge < -0.3 is 0 Å². The molecule has 0 amide bonds. The highest BCUT2D eigenvalue weighted by atomic mass is 79.9. The van der Waals surface area contributed by atoms with Gasteiger partial charge in [-0.25, -0.2) is 0 Å². The molecule has 1 aromatic heterocycles. The van der Waals surface area contributed by atoms with Crippen molar-refractivity contribution >= 4 is 27.3 Å². The van der Waals surface area contributed by atoms with E-state index in [4.69, 9.17) is 0 Å². The normalized spacial score (nSPS) is 12.6. The number of hydrogen-bond donors (Lipinski definition) is 0. The Morgan fingerprint density at radius 3 is 2.50 bits per heavy atom. The molecule has 0 aliphatic rings. The van der Waals surface area contributed by atoms with E-state index in [1.165, 1.54) is 15.3 Å². The minimum Gasteiger partial charge on any atom is -0.146 e. The van der Waals surface area contributed by atoms with Gasteiger partial charge in [0.25, 0.3) is 0 Å². The molecular weight excluding hydrogens is 280 g/mol. The van der Waals surface area contributed by atoms with Crippen molar-refractivity contribution in [3.05, 3.63) is 57.8 Å². The Hall–Kier alpha value is -0.600. The summed E-state index contributed by atoms with van der Waals surface area (Å²) in [5.74, 6) is 0. The third kappa shape index (κ3) is 3.19. The van der Waals surface area contributed by atoms with Crippen LogP contribution in [0.15, 0.2) is 42.5 Å². The molecular formula is C14H15BrS. The van der Waals surface area contributed by atoms with Gasteiger partial charge in [0.2, 0.25) is 0 Å². The maximum atomic E-state index is 3.75. The van der Waals surface area contributed by atoms with E-state index < -0.39 is 0 Å². The van der Waals surface area contributed by atoms with Crippen LogP contribution in [0.4, 0.5) is 0 Å². The fourth-order valence-electron chi connectivity index (χ4n) is 1.72. The first-order valence-corrected chi connectivity index (χ1v) is 7.23. The van der Waals surface area contributed by atoms with Crippen molar-refractivity contribution in [1.29, 1.82) is 0 Å². The van der Waals surface area contributed by atoms with Crippen LogP contribution < -0.4 is 0 Å². The summed E-state index contributed by atoms with van der Waals surface area (Å²) < 4.78 is 0. The highest BCUT2D eigenvalue weighted by molar-refractivity contribution is 9.09. The molecule has 2 aromatic rings. The summed E-state index contributed by atoms with van der Waals surface area (Å²) in [5.41, 5.74) is 1.37. The van der Waals surface area contributed by atoms with Gasteiger partial charge in [0.05, 0.1) is 0 Å². The zero-order valence-electron chi connectivity index (χ0n) is 9.32. The van der Waals surface area contributed by atoms with Gasteiger partial charge in [-0.3, -0.25) is 0 Å². The van der Waals surface area contributed by atoms with Crippen molar-refractivity contribution < 1.29 is 0 Å². The molecule has 1 aromatic carbocycles. The molecule has 0 aliphatic carbocycles. The lowest BCUT2D eigenvalue weighted by molar-refractivity contribution is 0.823. The smallest absolute Gasteiger partial charge is 0.0398 e. The Labute approximate surface area is 109 Å². The number of benzene rings is 1. The van der Waals surface area contributed by atoms with Crippen molar-refractivity contribution in [3.8, 4) is 0 Å². The molecule has 0 nitrogen and oxygen atoms in total. The first-order chi connectivity index (χ1) is 7.75. The van der Waals surface area contributed by atoms with E-state index in [1.54, 1.807) is 0 Å². The highest BCUT2D eigenvalue weighted by Crippen LogP contribution is 2.29. The Bertz CT molecular complexity index is 433. The van der Waals surface area contributed by atoms with Crippen molar-refractivity contribution in [2.45, 2.75) is 24.6 Å². The zero-order valence-corrected chi connectivity index (χ0v) is 11.7. The molecule has 0 spiro atoms. The van der Waals surface area contributed by atoms with Crippen molar-refractivity contribution in [1.82, 2.24) is 0 Å². The molecule has 0 radical (unpaired) electrons. The quantitative estimate of drug-likeness (QED) is 0.686. The number of aryl methyl sites for hydroxylation is 2. The van der Waals surface area contributed by atoms with E-state index in [0.29, 0.717) is 4.83 Å². The van der Waals surface area contributed by atoms with Gasteiger partial charge in [-0.15, -0.1) is 11.3 Å². The lowest BCUT2D eigenvalue weighted by atomic mass is 10.1. The van der Waals surface area contributed by atoms with Gasteiger partial charge >= 0.3 is 0 Å². The summed E-state index contributed by atoms with van der Waals surface area (Å²) in [6.45, 7) is 2.16. The summed E-state index contributed by atoms with van der Waals surface area (Å²) in [7, 11) is 0. The predicted octanol–water partition coefficient (Wildman–Crippen LogP) is 5.13. The Morgan fingerprint density at radius 2 is 1.88 bits per heavy atom. The van der Waals surface area contributed by atoms with Crippen LogP contribution in [0.1, 0.15) is 26.6 Å². The summed E-state index contributed by atoms with van der Waals surface area (Å²) >= 11 is 5.66. The summed E-state index contributed by atoms with van der Waals surface area (Å²) in [6.07, 6.45) is 2.31. The van der Waals surface area contributed by atoms with Crippen molar-refractivity contribution in [2.24, 2.45) is 0 Å². The number of thiophene rings is 1. The van der Waals surface area contributed by atoms with Gasteiger partial charge in [0.15, 0.2) is 0 Å². The monoisotopic (exact) mass is 294 g/mol. The average Bonchev–Trinajstić information content (AvgIpc) is 2.73. The first-order valence-electron chi connectivity index (χ1n) is 5.50. The molecule has 0 aliphatic heterocycles. The fourth-order valence-corrected chi connectivity index (χ4v) is 3.16. The third-order valence-corrected chi connectivity index (χ3v) is 4.65. The molecule has 1 unspecified atom stereocenters. The summed E-state index contributed by atoms with van der Waals surface area (Å²) in [6, 6.07) is 15.1. The van der Waals surface area contributed by atoms with Crippen molar-refractivity contribution in [2.75, 3.05) is 0 Å². The van der Waals surface area contributed by atoms with E-state index in [1.807, 2.05) is 11.3 Å². The van der Waals surface area contributed by atoms with Gasteiger partial charge in [-0.1, -0.05) is 46.3 Å². The number of hydrogen-bond acceptors (Lipinski definition) is 1. The van der Waals surface area contributed by atoms with Crippen LogP contribution in [-0.2, 0) is 6.42 Å². The van der Waals surface area contributed by atoms with Crippen LogP contribution in [0.3, 0.4) is 0 Å². The minimum absolute atomic E-state index is 0.469. The van der Waals surface area contributed by atoms with Crippen LogP contribution in [0, 0.1) is 6.92 Å². The molecule has 1 heterocycles. The maximum absolute atomic E-state index is 3.75. The maximum Gasteiger partial charge on any atom is 0.0398 e. The fraction of sp³-hybridized carbons (Fsp3) is 0.286. The number of rotatable bonds is 4. The Kier molecular flexibility index (Phi) is 4.19. The topological polar surface area (TPSA) is 0 Å². The van der Waals surface area contributed by atoms with Crippen LogP contribution in [0.5, 0.6) is 0 Å². The second-order valence-corrected chi connectivity index (χ2v) is 6.41. The van der Waals surface area contributed by atoms with Crippen LogP contribution >= 0.6 is 27.3 Å². The molecule has 0 fully saturated rings. The van der Waals surface area contributed by atoms with Gasteiger partial charge in [-0.2, -0.15) is 0 Å². The lowest BCUT2D eigenvalue weighted by Crippen LogP contribution is -1.91. The molecule has 84 valence electrons. The standard InChI is InChI=1S/C14H15BrS/c1-11-7-8-13(16-11)9-10-14(15)12-5-3-2-4-6-12/h2-8,14H,9-10H2,1H3. The molecule has 2 heteroatoms.